The highest BCUT2D eigenvalue weighted by Crippen LogP contribution is 2.21. The summed E-state index contributed by atoms with van der Waals surface area (Å²) in [6, 6.07) is -0.578. The quantitative estimate of drug-likeness (QED) is 0.678. The van der Waals surface area contributed by atoms with Crippen molar-refractivity contribution < 1.29 is 14.6 Å². The van der Waals surface area contributed by atoms with Gasteiger partial charge in [-0.25, -0.2) is 0 Å². The van der Waals surface area contributed by atoms with Gasteiger partial charge >= 0.3 is 5.97 Å². The molecule has 0 saturated carbocycles. The third-order valence-corrected chi connectivity index (χ3v) is 3.59. The molecule has 18 heavy (non-hydrogen) atoms. The highest BCUT2D eigenvalue weighted by molar-refractivity contribution is 5.74. The Morgan fingerprint density at radius 3 is 2.56 bits per heavy atom. The fraction of sp³-hybridized carbons (Fsp3) is 0.923. The van der Waals surface area contributed by atoms with E-state index in [1.165, 1.54) is 0 Å². The SMILES string of the molecule is CCN(CC)CCNC(C(=O)O)C1CCC(C)O1. The molecule has 3 unspecified atom stereocenters. The summed E-state index contributed by atoms with van der Waals surface area (Å²) in [6.07, 6.45) is 1.78. The minimum atomic E-state index is -0.811. The van der Waals surface area contributed by atoms with Crippen molar-refractivity contribution in [1.29, 1.82) is 0 Å². The number of carboxylic acid groups (broad SMARTS) is 1. The molecule has 0 spiro atoms. The lowest BCUT2D eigenvalue weighted by atomic mass is 10.1. The molecule has 0 aromatic carbocycles. The van der Waals surface area contributed by atoms with Crippen LogP contribution in [0, 0.1) is 0 Å². The highest BCUT2D eigenvalue weighted by atomic mass is 16.5. The normalized spacial score (nSPS) is 25.6. The van der Waals surface area contributed by atoms with Crippen molar-refractivity contribution >= 4 is 5.97 Å². The fourth-order valence-electron chi connectivity index (χ4n) is 2.37. The number of ether oxygens (including phenoxy) is 1. The fourth-order valence-corrected chi connectivity index (χ4v) is 2.37. The first-order chi connectivity index (χ1) is 8.58. The lowest BCUT2D eigenvalue weighted by Crippen LogP contribution is -2.48. The summed E-state index contributed by atoms with van der Waals surface area (Å²) in [4.78, 5) is 13.5. The van der Waals surface area contributed by atoms with E-state index in [1.54, 1.807) is 0 Å². The molecule has 5 heteroatoms. The van der Waals surface area contributed by atoms with E-state index in [0.717, 1.165) is 32.5 Å². The van der Waals surface area contributed by atoms with Crippen molar-refractivity contribution in [1.82, 2.24) is 10.2 Å². The number of carbonyl (C=O) groups is 1. The molecular formula is C13H26N2O3. The minimum absolute atomic E-state index is 0.182. The van der Waals surface area contributed by atoms with Crippen molar-refractivity contribution in [2.75, 3.05) is 26.2 Å². The van der Waals surface area contributed by atoms with Gasteiger partial charge in [-0.2, -0.15) is 0 Å². The third kappa shape index (κ3) is 4.55. The van der Waals surface area contributed by atoms with Gasteiger partial charge in [0.05, 0.1) is 12.2 Å². The van der Waals surface area contributed by atoms with Crippen LogP contribution < -0.4 is 5.32 Å². The predicted molar refractivity (Wildman–Crippen MR) is 70.8 cm³/mol. The Kier molecular flexibility index (Phi) is 6.60. The summed E-state index contributed by atoms with van der Waals surface area (Å²) in [7, 11) is 0. The van der Waals surface area contributed by atoms with Crippen LogP contribution in [0.5, 0.6) is 0 Å². The second kappa shape index (κ2) is 7.71. The molecule has 1 saturated heterocycles. The number of aliphatic carboxylic acids is 1. The van der Waals surface area contributed by atoms with E-state index in [0.29, 0.717) is 6.54 Å². The summed E-state index contributed by atoms with van der Waals surface area (Å²) in [6.45, 7) is 9.76. The van der Waals surface area contributed by atoms with Gasteiger partial charge in [0, 0.05) is 13.1 Å². The zero-order valence-corrected chi connectivity index (χ0v) is 11.7. The third-order valence-electron chi connectivity index (χ3n) is 3.59. The van der Waals surface area contributed by atoms with Crippen molar-refractivity contribution in [3.05, 3.63) is 0 Å². The first-order valence-corrected chi connectivity index (χ1v) is 6.92. The van der Waals surface area contributed by atoms with Gasteiger partial charge < -0.3 is 20.1 Å². The molecule has 5 nitrogen and oxygen atoms in total. The molecular weight excluding hydrogens is 232 g/mol. The lowest BCUT2D eigenvalue weighted by molar-refractivity contribution is -0.143. The molecule has 1 heterocycles. The number of likely N-dealkylation sites (N-methyl/N-ethyl adjacent to an activating group) is 1. The van der Waals surface area contributed by atoms with Crippen LogP contribution in [-0.2, 0) is 9.53 Å². The van der Waals surface area contributed by atoms with E-state index in [1.807, 2.05) is 6.92 Å². The lowest BCUT2D eigenvalue weighted by Gasteiger charge is -2.23. The van der Waals surface area contributed by atoms with E-state index < -0.39 is 12.0 Å². The molecule has 2 N–H and O–H groups in total. The van der Waals surface area contributed by atoms with E-state index in [2.05, 4.69) is 24.1 Å². The molecule has 1 rings (SSSR count). The smallest absolute Gasteiger partial charge is 0.323 e. The Morgan fingerprint density at radius 1 is 1.44 bits per heavy atom. The predicted octanol–water partition coefficient (Wildman–Crippen LogP) is 0.939. The maximum atomic E-state index is 11.3. The molecule has 0 amide bonds. The van der Waals surface area contributed by atoms with E-state index in [4.69, 9.17) is 4.74 Å². The maximum absolute atomic E-state index is 11.3. The Hall–Kier alpha value is -0.650. The topological polar surface area (TPSA) is 61.8 Å². The van der Waals surface area contributed by atoms with Crippen molar-refractivity contribution in [3.63, 3.8) is 0 Å². The van der Waals surface area contributed by atoms with Gasteiger partial charge in [-0.15, -0.1) is 0 Å². The molecule has 0 radical (unpaired) electrons. The minimum Gasteiger partial charge on any atom is -0.480 e. The largest absolute Gasteiger partial charge is 0.480 e. The van der Waals surface area contributed by atoms with Crippen LogP contribution in [-0.4, -0.2) is 60.4 Å². The van der Waals surface area contributed by atoms with Gasteiger partial charge in [0.1, 0.15) is 6.04 Å². The van der Waals surface area contributed by atoms with Crippen molar-refractivity contribution in [3.8, 4) is 0 Å². The monoisotopic (exact) mass is 258 g/mol. The van der Waals surface area contributed by atoms with Crippen LogP contribution in [0.1, 0.15) is 33.6 Å². The van der Waals surface area contributed by atoms with E-state index in [9.17, 15) is 9.90 Å². The van der Waals surface area contributed by atoms with Crippen LogP contribution in [0.2, 0.25) is 0 Å². The van der Waals surface area contributed by atoms with Crippen LogP contribution in [0.4, 0.5) is 0 Å². The Labute approximate surface area is 109 Å². The van der Waals surface area contributed by atoms with Gasteiger partial charge in [-0.3, -0.25) is 4.79 Å². The second-order valence-corrected chi connectivity index (χ2v) is 4.86. The number of nitrogens with zero attached hydrogens (tertiary/aromatic N) is 1. The summed E-state index contributed by atoms with van der Waals surface area (Å²) in [5, 5.41) is 12.4. The van der Waals surface area contributed by atoms with Gasteiger partial charge in [-0.05, 0) is 32.9 Å². The summed E-state index contributed by atoms with van der Waals surface area (Å²) >= 11 is 0. The maximum Gasteiger partial charge on any atom is 0.323 e. The molecule has 0 aromatic rings. The number of hydrogen-bond donors (Lipinski definition) is 2. The van der Waals surface area contributed by atoms with Crippen LogP contribution in [0.3, 0.4) is 0 Å². The number of carboxylic acids is 1. The zero-order chi connectivity index (χ0) is 13.5. The van der Waals surface area contributed by atoms with Gasteiger partial charge in [0.25, 0.3) is 0 Å². The summed E-state index contributed by atoms with van der Waals surface area (Å²) in [5.74, 6) is -0.811. The molecule has 1 aliphatic heterocycles. The van der Waals surface area contributed by atoms with Crippen LogP contribution >= 0.6 is 0 Å². The highest BCUT2D eigenvalue weighted by Gasteiger charge is 2.33. The van der Waals surface area contributed by atoms with Crippen LogP contribution in [0.15, 0.2) is 0 Å². The van der Waals surface area contributed by atoms with Gasteiger partial charge in [-0.1, -0.05) is 13.8 Å². The van der Waals surface area contributed by atoms with E-state index in [-0.39, 0.29) is 12.2 Å². The first kappa shape index (κ1) is 15.4. The molecule has 0 aromatic heterocycles. The summed E-state index contributed by atoms with van der Waals surface area (Å²) in [5.41, 5.74) is 0. The Morgan fingerprint density at radius 2 is 2.11 bits per heavy atom. The molecule has 0 aliphatic carbocycles. The first-order valence-electron chi connectivity index (χ1n) is 6.92. The number of rotatable bonds is 8. The standard InChI is InChI=1S/C13H26N2O3/c1-4-15(5-2)9-8-14-12(13(16)17)11-7-6-10(3)18-11/h10-12,14H,4-9H2,1-3H3,(H,16,17). The second-order valence-electron chi connectivity index (χ2n) is 4.86. The van der Waals surface area contributed by atoms with Crippen molar-refractivity contribution in [2.45, 2.75) is 51.9 Å². The molecule has 3 atom stereocenters. The van der Waals surface area contributed by atoms with Crippen molar-refractivity contribution in [2.24, 2.45) is 0 Å². The Bertz CT molecular complexity index is 257. The van der Waals surface area contributed by atoms with Gasteiger partial charge in [0.2, 0.25) is 0 Å². The Balaban J connectivity index is 2.37. The number of nitrogens with one attached hydrogen (secondary N) is 1. The zero-order valence-electron chi connectivity index (χ0n) is 11.7. The van der Waals surface area contributed by atoms with E-state index >= 15 is 0 Å². The summed E-state index contributed by atoms with van der Waals surface area (Å²) < 4.78 is 5.64. The molecule has 1 aliphatic rings. The van der Waals surface area contributed by atoms with Gasteiger partial charge in [0.15, 0.2) is 0 Å². The number of hydrogen-bond acceptors (Lipinski definition) is 4. The average Bonchev–Trinajstić information content (AvgIpc) is 2.75. The van der Waals surface area contributed by atoms with Crippen LogP contribution in [0.25, 0.3) is 0 Å². The molecule has 106 valence electrons. The molecule has 1 fully saturated rings. The average molecular weight is 258 g/mol. The molecule has 0 bridgehead atoms.